The van der Waals surface area contributed by atoms with Gasteiger partial charge < -0.3 is 15.0 Å². The van der Waals surface area contributed by atoms with Gasteiger partial charge in [-0.1, -0.05) is 59.8 Å². The highest BCUT2D eigenvalue weighted by Gasteiger charge is 2.24. The van der Waals surface area contributed by atoms with E-state index in [4.69, 9.17) is 16.3 Å². The number of hydrogen-bond donors (Lipinski definition) is 2. The molecule has 4 aromatic rings. The number of benzene rings is 3. The van der Waals surface area contributed by atoms with E-state index in [1.54, 1.807) is 66.7 Å². The Morgan fingerprint density at radius 2 is 1.62 bits per heavy atom. The lowest BCUT2D eigenvalue weighted by molar-refractivity contribution is -0.112. The van der Waals surface area contributed by atoms with Gasteiger partial charge in [0.2, 0.25) is 10.7 Å². The van der Waals surface area contributed by atoms with E-state index in [0.29, 0.717) is 27.2 Å². The molecule has 9 heteroatoms. The quantitative estimate of drug-likeness (QED) is 0.239. The Morgan fingerprint density at radius 1 is 0.919 bits per heavy atom. The van der Waals surface area contributed by atoms with Crippen molar-refractivity contribution in [1.29, 1.82) is 0 Å². The zero-order chi connectivity index (χ0) is 26.2. The number of fused-ring (bicyclic) bond motifs is 1. The highest BCUT2D eigenvalue weighted by Crippen LogP contribution is 2.19. The molecule has 0 aliphatic rings. The fourth-order valence-corrected chi connectivity index (χ4v) is 4.57. The van der Waals surface area contributed by atoms with Gasteiger partial charge in [-0.25, -0.2) is 4.79 Å². The first-order valence-electron chi connectivity index (χ1n) is 11.5. The van der Waals surface area contributed by atoms with Crippen molar-refractivity contribution in [2.24, 2.45) is 0 Å². The van der Waals surface area contributed by atoms with Crippen LogP contribution < -0.4 is 10.9 Å². The molecule has 37 heavy (non-hydrogen) atoms. The van der Waals surface area contributed by atoms with E-state index >= 15 is 0 Å². The average molecular weight is 535 g/mol. The van der Waals surface area contributed by atoms with E-state index in [1.165, 1.54) is 6.07 Å². The van der Waals surface area contributed by atoms with Crippen LogP contribution in [0, 0.1) is 0 Å². The summed E-state index contributed by atoms with van der Waals surface area (Å²) in [7, 11) is 0. The van der Waals surface area contributed by atoms with Crippen molar-refractivity contribution in [3.05, 3.63) is 117 Å². The van der Waals surface area contributed by atoms with Crippen molar-refractivity contribution in [3.63, 3.8) is 0 Å². The lowest BCUT2D eigenvalue weighted by Crippen LogP contribution is -2.41. The minimum atomic E-state index is -0.928. The van der Waals surface area contributed by atoms with Crippen LogP contribution in [0.25, 0.3) is 10.9 Å². The maximum Gasteiger partial charge on any atom is 0.338 e. The van der Waals surface area contributed by atoms with Gasteiger partial charge in [-0.3, -0.25) is 14.4 Å². The topological polar surface area (TPSA) is 105 Å². The minimum Gasteiger partial charge on any atom is -0.461 e. The van der Waals surface area contributed by atoms with E-state index in [9.17, 15) is 19.2 Å². The summed E-state index contributed by atoms with van der Waals surface area (Å²) >= 11 is 6.88. The van der Waals surface area contributed by atoms with Crippen molar-refractivity contribution < 1.29 is 19.1 Å². The van der Waals surface area contributed by atoms with Crippen LogP contribution in [0.4, 0.5) is 0 Å². The van der Waals surface area contributed by atoms with Gasteiger partial charge in [-0.15, -0.1) is 0 Å². The summed E-state index contributed by atoms with van der Waals surface area (Å²) in [5, 5.41) is 3.74. The molecule has 0 bridgehead atoms. The lowest BCUT2D eigenvalue weighted by atomic mass is 10.0. The Bertz CT molecular complexity index is 1470. The summed E-state index contributed by atoms with van der Waals surface area (Å²) < 4.78 is 5.25. The minimum absolute atomic E-state index is 0.0237. The van der Waals surface area contributed by atoms with Gasteiger partial charge in [-0.2, -0.15) is 0 Å². The number of esters is 1. The van der Waals surface area contributed by atoms with Gasteiger partial charge >= 0.3 is 5.97 Å². The molecule has 0 saturated heterocycles. The molecular formula is C28H23ClN2O5S. The summed E-state index contributed by atoms with van der Waals surface area (Å²) in [5.41, 5.74) is 1.74. The summed E-state index contributed by atoms with van der Waals surface area (Å²) in [5.74, 6) is -0.711. The number of amides is 1. The number of carbonyl (C=O) groups excluding carboxylic acids is 3. The molecule has 1 heterocycles. The summed E-state index contributed by atoms with van der Waals surface area (Å²) in [6, 6.07) is 22.7. The summed E-state index contributed by atoms with van der Waals surface area (Å²) in [4.78, 5) is 53.3. The highest BCUT2D eigenvalue weighted by atomic mass is 35.5. The molecule has 1 amide bonds. The molecule has 188 valence electrons. The number of aromatic amines is 1. The first-order chi connectivity index (χ1) is 17.9. The van der Waals surface area contributed by atoms with E-state index in [1.807, 2.05) is 12.1 Å². The van der Waals surface area contributed by atoms with Crippen molar-refractivity contribution in [2.45, 2.75) is 12.5 Å². The molecule has 1 unspecified atom stereocenters. The molecular weight excluding hydrogens is 512 g/mol. The Kier molecular flexibility index (Phi) is 8.77. The predicted octanol–water partition coefficient (Wildman–Crippen LogP) is 4.64. The number of para-hydroxylation sites is 1. The molecule has 0 spiro atoms. The maximum absolute atomic E-state index is 13.2. The van der Waals surface area contributed by atoms with Crippen LogP contribution in [-0.2, 0) is 16.0 Å². The molecule has 0 fully saturated rings. The lowest BCUT2D eigenvalue weighted by Gasteiger charge is -2.18. The van der Waals surface area contributed by atoms with Crippen LogP contribution >= 0.6 is 23.4 Å². The number of aromatic nitrogens is 1. The maximum atomic E-state index is 13.2. The monoisotopic (exact) mass is 534 g/mol. The van der Waals surface area contributed by atoms with Crippen LogP contribution in [-0.4, -0.2) is 40.4 Å². The van der Waals surface area contributed by atoms with Crippen molar-refractivity contribution in [1.82, 2.24) is 10.3 Å². The number of pyridine rings is 1. The second kappa shape index (κ2) is 12.4. The first kappa shape index (κ1) is 26.2. The molecule has 1 aromatic heterocycles. The normalized spacial score (nSPS) is 11.6. The third-order valence-electron chi connectivity index (χ3n) is 5.53. The van der Waals surface area contributed by atoms with E-state index in [2.05, 4.69) is 10.3 Å². The standard InChI is InChI=1S/C28H23ClN2O5S/c29-21-12-10-18(11-13-21)26(33)31-24(16-20-17-25(32)30-23-9-5-4-8-22(20)23)28(35)37-15-14-36-27(34)19-6-2-1-3-7-19/h1-13,17,24H,14-16H2,(H,30,32)(H,31,33). The third kappa shape index (κ3) is 7.09. The Balaban J connectivity index is 1.48. The van der Waals surface area contributed by atoms with Gasteiger partial charge in [-0.05, 0) is 48.0 Å². The molecule has 2 N–H and O–H groups in total. The second-order valence-electron chi connectivity index (χ2n) is 8.11. The number of carbonyl (C=O) groups is 3. The Hall–Kier alpha value is -3.88. The smallest absolute Gasteiger partial charge is 0.338 e. The number of halogens is 1. The Morgan fingerprint density at radius 3 is 2.38 bits per heavy atom. The molecule has 0 aliphatic heterocycles. The first-order valence-corrected chi connectivity index (χ1v) is 12.8. The fraction of sp³-hybridized carbons (Fsp3) is 0.143. The SMILES string of the molecule is O=C(NC(Cc1cc(=O)[nH]c2ccccc12)C(=O)SCCOC(=O)c1ccccc1)c1ccc(Cl)cc1. The number of ether oxygens (including phenoxy) is 1. The predicted molar refractivity (Wildman–Crippen MR) is 145 cm³/mol. The third-order valence-corrected chi connectivity index (χ3v) is 6.72. The number of H-pyrrole nitrogens is 1. The zero-order valence-corrected chi connectivity index (χ0v) is 21.2. The van der Waals surface area contributed by atoms with Crippen LogP contribution in [0.3, 0.4) is 0 Å². The van der Waals surface area contributed by atoms with E-state index < -0.39 is 17.9 Å². The van der Waals surface area contributed by atoms with Gasteiger partial charge in [0, 0.05) is 39.7 Å². The van der Waals surface area contributed by atoms with Gasteiger partial charge in [0.1, 0.15) is 12.6 Å². The van der Waals surface area contributed by atoms with Crippen LogP contribution in [0.15, 0.2) is 89.7 Å². The second-order valence-corrected chi connectivity index (χ2v) is 9.65. The molecule has 7 nitrogen and oxygen atoms in total. The molecule has 0 aliphatic carbocycles. The number of thioether (sulfide) groups is 1. The summed E-state index contributed by atoms with van der Waals surface area (Å²) in [6.45, 7) is 0.0237. The molecule has 4 rings (SSSR count). The van der Waals surface area contributed by atoms with Crippen LogP contribution in [0.5, 0.6) is 0 Å². The number of nitrogens with one attached hydrogen (secondary N) is 2. The van der Waals surface area contributed by atoms with Gasteiger partial charge in [0.05, 0.1) is 5.56 Å². The fourth-order valence-electron chi connectivity index (χ4n) is 3.74. The molecule has 0 radical (unpaired) electrons. The van der Waals surface area contributed by atoms with Gasteiger partial charge in [0.15, 0.2) is 0 Å². The molecule has 1 atom stereocenters. The zero-order valence-electron chi connectivity index (χ0n) is 19.6. The number of rotatable bonds is 9. The van der Waals surface area contributed by atoms with E-state index in [-0.39, 0.29) is 29.5 Å². The largest absolute Gasteiger partial charge is 0.461 e. The van der Waals surface area contributed by atoms with Gasteiger partial charge in [0.25, 0.3) is 5.91 Å². The molecule has 3 aromatic carbocycles. The molecule has 0 saturated carbocycles. The average Bonchev–Trinajstić information content (AvgIpc) is 2.91. The van der Waals surface area contributed by atoms with E-state index in [0.717, 1.165) is 17.1 Å². The van der Waals surface area contributed by atoms with Crippen molar-refractivity contribution in [2.75, 3.05) is 12.4 Å². The highest BCUT2D eigenvalue weighted by molar-refractivity contribution is 8.13. The van der Waals surface area contributed by atoms with Crippen LogP contribution in [0.2, 0.25) is 5.02 Å². The van der Waals surface area contributed by atoms with Crippen molar-refractivity contribution in [3.8, 4) is 0 Å². The van der Waals surface area contributed by atoms with Crippen molar-refractivity contribution >= 4 is 51.3 Å². The Labute approximate surface area is 222 Å². The number of hydrogen-bond acceptors (Lipinski definition) is 6. The summed E-state index contributed by atoms with van der Waals surface area (Å²) in [6.07, 6.45) is 0.111. The van der Waals surface area contributed by atoms with Crippen LogP contribution in [0.1, 0.15) is 26.3 Å².